The van der Waals surface area contributed by atoms with Crippen molar-refractivity contribution in [3.05, 3.63) is 18.0 Å². The van der Waals surface area contributed by atoms with E-state index in [2.05, 4.69) is 20.2 Å². The molecular formula is C9H17N5. The maximum Gasteiger partial charge on any atom is 0.219 e. The molecule has 0 aliphatic heterocycles. The smallest absolute Gasteiger partial charge is 0.219 e. The Morgan fingerprint density at radius 1 is 1.36 bits per heavy atom. The zero-order valence-corrected chi connectivity index (χ0v) is 8.70. The Balaban J connectivity index is 2.21. The summed E-state index contributed by atoms with van der Waals surface area (Å²) in [6, 6.07) is 0. The second kappa shape index (κ2) is 5.51. The summed E-state index contributed by atoms with van der Waals surface area (Å²) in [5.41, 5.74) is 6.43. The fourth-order valence-electron chi connectivity index (χ4n) is 0.991. The van der Waals surface area contributed by atoms with Gasteiger partial charge in [0.2, 0.25) is 5.95 Å². The molecule has 0 saturated carbocycles. The molecule has 0 saturated heterocycles. The first-order chi connectivity index (χ1) is 6.68. The molecule has 0 atom stereocenters. The number of nitrogens with two attached hydrogens (primary N) is 1. The van der Waals surface area contributed by atoms with E-state index in [1.54, 1.807) is 12.4 Å². The van der Waals surface area contributed by atoms with Crippen LogP contribution in [0.15, 0.2) is 12.4 Å². The molecular weight excluding hydrogens is 178 g/mol. The van der Waals surface area contributed by atoms with E-state index in [9.17, 15) is 0 Å². The molecule has 1 rings (SSSR count). The molecule has 14 heavy (non-hydrogen) atoms. The quantitative estimate of drug-likeness (QED) is 0.632. The van der Waals surface area contributed by atoms with Crippen LogP contribution in [0.25, 0.3) is 0 Å². The normalized spacial score (nSPS) is 10.8. The monoisotopic (exact) mass is 195 g/mol. The standard InChI is InChI=1S/C9H17N5/c1-14(2)4-3-11-5-8-6-12-9(10)13-7-8/h6-7,11H,3-5H2,1-2H3,(H2,10,12,13). The minimum absolute atomic E-state index is 0.321. The summed E-state index contributed by atoms with van der Waals surface area (Å²) >= 11 is 0. The van der Waals surface area contributed by atoms with Gasteiger partial charge in [0.05, 0.1) is 0 Å². The lowest BCUT2D eigenvalue weighted by molar-refractivity contribution is 0.400. The van der Waals surface area contributed by atoms with E-state index in [-0.39, 0.29) is 0 Å². The van der Waals surface area contributed by atoms with Crippen LogP contribution in [0.2, 0.25) is 0 Å². The number of nitrogens with zero attached hydrogens (tertiary/aromatic N) is 3. The van der Waals surface area contributed by atoms with Crippen LogP contribution in [0.4, 0.5) is 5.95 Å². The van der Waals surface area contributed by atoms with Crippen molar-refractivity contribution in [3.8, 4) is 0 Å². The van der Waals surface area contributed by atoms with Crippen molar-refractivity contribution in [2.24, 2.45) is 0 Å². The van der Waals surface area contributed by atoms with Gasteiger partial charge in [0.15, 0.2) is 0 Å². The van der Waals surface area contributed by atoms with Crippen molar-refractivity contribution < 1.29 is 0 Å². The highest BCUT2D eigenvalue weighted by Gasteiger charge is 1.94. The predicted molar refractivity (Wildman–Crippen MR) is 56.7 cm³/mol. The Morgan fingerprint density at radius 2 is 2.00 bits per heavy atom. The van der Waals surface area contributed by atoms with Gasteiger partial charge in [-0.2, -0.15) is 0 Å². The number of hydrogen-bond donors (Lipinski definition) is 2. The third-order valence-electron chi connectivity index (χ3n) is 1.79. The molecule has 0 aromatic carbocycles. The lowest BCUT2D eigenvalue weighted by Gasteiger charge is -2.09. The van der Waals surface area contributed by atoms with Gasteiger partial charge in [0.25, 0.3) is 0 Å². The molecule has 5 nitrogen and oxygen atoms in total. The molecule has 0 spiro atoms. The van der Waals surface area contributed by atoms with Gasteiger partial charge in [-0.25, -0.2) is 9.97 Å². The van der Waals surface area contributed by atoms with Gasteiger partial charge >= 0.3 is 0 Å². The maximum atomic E-state index is 5.37. The van der Waals surface area contributed by atoms with Crippen LogP contribution in [-0.2, 0) is 6.54 Å². The molecule has 0 radical (unpaired) electrons. The highest BCUT2D eigenvalue weighted by molar-refractivity contribution is 5.16. The van der Waals surface area contributed by atoms with E-state index in [1.807, 2.05) is 14.1 Å². The van der Waals surface area contributed by atoms with Crippen LogP contribution >= 0.6 is 0 Å². The summed E-state index contributed by atoms with van der Waals surface area (Å²) in [6.07, 6.45) is 3.48. The molecule has 0 amide bonds. The van der Waals surface area contributed by atoms with Gasteiger partial charge in [-0.3, -0.25) is 0 Å². The molecule has 0 aliphatic rings. The third-order valence-corrected chi connectivity index (χ3v) is 1.79. The summed E-state index contributed by atoms with van der Waals surface area (Å²) in [5.74, 6) is 0.321. The van der Waals surface area contributed by atoms with Crippen molar-refractivity contribution >= 4 is 5.95 Å². The summed E-state index contributed by atoms with van der Waals surface area (Å²) in [7, 11) is 4.10. The van der Waals surface area contributed by atoms with E-state index in [0.29, 0.717) is 5.95 Å². The van der Waals surface area contributed by atoms with Crippen LogP contribution in [0.1, 0.15) is 5.56 Å². The Morgan fingerprint density at radius 3 is 2.57 bits per heavy atom. The number of hydrogen-bond acceptors (Lipinski definition) is 5. The highest BCUT2D eigenvalue weighted by Crippen LogP contribution is 1.95. The Bertz CT molecular complexity index is 256. The number of nitrogen functional groups attached to an aromatic ring is 1. The third kappa shape index (κ3) is 4.15. The summed E-state index contributed by atoms with van der Waals surface area (Å²) < 4.78 is 0. The van der Waals surface area contributed by atoms with Crippen LogP contribution in [0, 0.1) is 0 Å². The second-order valence-electron chi connectivity index (χ2n) is 3.43. The molecule has 78 valence electrons. The van der Waals surface area contributed by atoms with Crippen molar-refractivity contribution in [3.63, 3.8) is 0 Å². The van der Waals surface area contributed by atoms with Crippen molar-refractivity contribution in [1.29, 1.82) is 0 Å². The molecule has 0 fully saturated rings. The summed E-state index contributed by atoms with van der Waals surface area (Å²) in [4.78, 5) is 9.95. The molecule has 1 heterocycles. The predicted octanol–water partition coefficient (Wildman–Crippen LogP) is -0.290. The molecule has 5 heteroatoms. The largest absolute Gasteiger partial charge is 0.368 e. The van der Waals surface area contributed by atoms with E-state index < -0.39 is 0 Å². The lowest BCUT2D eigenvalue weighted by Crippen LogP contribution is -2.26. The van der Waals surface area contributed by atoms with E-state index in [4.69, 9.17) is 5.73 Å². The zero-order valence-electron chi connectivity index (χ0n) is 8.70. The Hall–Kier alpha value is -1.20. The van der Waals surface area contributed by atoms with E-state index >= 15 is 0 Å². The maximum absolute atomic E-state index is 5.37. The fraction of sp³-hybridized carbons (Fsp3) is 0.556. The van der Waals surface area contributed by atoms with Gasteiger partial charge < -0.3 is 16.0 Å². The highest BCUT2D eigenvalue weighted by atomic mass is 15.1. The first-order valence-corrected chi connectivity index (χ1v) is 4.60. The van der Waals surface area contributed by atoms with Crippen molar-refractivity contribution in [2.75, 3.05) is 32.9 Å². The number of rotatable bonds is 5. The number of anilines is 1. The van der Waals surface area contributed by atoms with Crippen molar-refractivity contribution in [2.45, 2.75) is 6.54 Å². The van der Waals surface area contributed by atoms with Crippen LogP contribution in [0.3, 0.4) is 0 Å². The molecule has 0 bridgehead atoms. The van der Waals surface area contributed by atoms with Crippen LogP contribution in [-0.4, -0.2) is 42.1 Å². The van der Waals surface area contributed by atoms with Gasteiger partial charge in [-0.15, -0.1) is 0 Å². The fourth-order valence-corrected chi connectivity index (χ4v) is 0.991. The van der Waals surface area contributed by atoms with Gasteiger partial charge in [-0.1, -0.05) is 0 Å². The average molecular weight is 195 g/mol. The molecule has 3 N–H and O–H groups in total. The topological polar surface area (TPSA) is 67.1 Å². The minimum Gasteiger partial charge on any atom is -0.368 e. The lowest BCUT2D eigenvalue weighted by atomic mass is 10.3. The molecule has 0 aliphatic carbocycles. The number of likely N-dealkylation sites (N-methyl/N-ethyl adjacent to an activating group) is 1. The van der Waals surface area contributed by atoms with E-state index in [0.717, 1.165) is 25.2 Å². The minimum atomic E-state index is 0.321. The Labute approximate surface area is 84.3 Å². The van der Waals surface area contributed by atoms with Crippen molar-refractivity contribution in [1.82, 2.24) is 20.2 Å². The van der Waals surface area contributed by atoms with Crippen LogP contribution in [0.5, 0.6) is 0 Å². The number of nitrogens with one attached hydrogen (secondary N) is 1. The van der Waals surface area contributed by atoms with Gasteiger partial charge in [-0.05, 0) is 14.1 Å². The zero-order chi connectivity index (χ0) is 10.4. The van der Waals surface area contributed by atoms with E-state index in [1.165, 1.54) is 0 Å². The SMILES string of the molecule is CN(C)CCNCc1cnc(N)nc1. The second-order valence-corrected chi connectivity index (χ2v) is 3.43. The van der Waals surface area contributed by atoms with Crippen LogP contribution < -0.4 is 11.1 Å². The molecule has 1 aromatic heterocycles. The first kappa shape index (κ1) is 10.9. The van der Waals surface area contributed by atoms with Gasteiger partial charge in [0.1, 0.15) is 0 Å². The molecule has 0 unspecified atom stereocenters. The Kier molecular flexibility index (Phi) is 4.28. The molecule has 1 aromatic rings. The summed E-state index contributed by atoms with van der Waals surface area (Å²) in [6.45, 7) is 2.77. The summed E-state index contributed by atoms with van der Waals surface area (Å²) in [5, 5.41) is 3.29. The van der Waals surface area contributed by atoms with Gasteiger partial charge in [0, 0.05) is 37.6 Å². The average Bonchev–Trinajstić information content (AvgIpc) is 2.15. The first-order valence-electron chi connectivity index (χ1n) is 4.60. The number of aromatic nitrogens is 2.